The van der Waals surface area contributed by atoms with E-state index in [-0.39, 0.29) is 0 Å². The van der Waals surface area contributed by atoms with Gasteiger partial charge in [-0.05, 0) is 52.8 Å². The summed E-state index contributed by atoms with van der Waals surface area (Å²) in [6.45, 7) is 6.92. The maximum atomic E-state index is 5.97. The Morgan fingerprint density at radius 2 is 2.17 bits per heavy atom. The van der Waals surface area contributed by atoms with E-state index in [2.05, 4.69) is 49.9 Å². The Hall–Kier alpha value is -0.960. The third-order valence-electron chi connectivity index (χ3n) is 4.02. The number of hydrogen-bond acceptors (Lipinski definition) is 3. The number of likely N-dealkylation sites (tertiary alicyclic amines) is 1. The van der Waals surface area contributed by atoms with Gasteiger partial charge in [0.1, 0.15) is 0 Å². The van der Waals surface area contributed by atoms with E-state index in [1.165, 1.54) is 25.2 Å². The van der Waals surface area contributed by atoms with E-state index in [0.717, 1.165) is 18.0 Å². The van der Waals surface area contributed by atoms with Crippen LogP contribution in [0, 0.1) is 11.8 Å². The van der Waals surface area contributed by atoms with Crippen LogP contribution in [0.15, 0.2) is 23.5 Å². The third kappa shape index (κ3) is 2.89. The molecule has 0 saturated carbocycles. The molecule has 0 radical (unpaired) electrons. The van der Waals surface area contributed by atoms with Crippen LogP contribution >= 0.6 is 0 Å². The molecule has 1 fully saturated rings. The highest BCUT2D eigenvalue weighted by atomic mass is 15.2. The lowest BCUT2D eigenvalue weighted by molar-refractivity contribution is 0.130. The van der Waals surface area contributed by atoms with Gasteiger partial charge in [-0.3, -0.25) is 0 Å². The maximum Gasteiger partial charge on any atom is 0.0291 e. The number of fused-ring (bicyclic) bond motifs is 1. The highest BCUT2D eigenvalue weighted by molar-refractivity contribution is 5.28. The molecule has 1 aliphatic heterocycles. The number of allylic oxidation sites excluding steroid dienone is 3. The summed E-state index contributed by atoms with van der Waals surface area (Å²) in [5.74, 6) is 1.45. The monoisotopic (exact) mass is 249 g/mol. The Morgan fingerprint density at radius 3 is 2.78 bits per heavy atom. The molecule has 3 heteroatoms. The predicted molar refractivity (Wildman–Crippen MR) is 77.0 cm³/mol. The van der Waals surface area contributed by atoms with E-state index in [1.807, 2.05) is 0 Å². The van der Waals surface area contributed by atoms with Crippen molar-refractivity contribution in [1.82, 2.24) is 9.80 Å². The molecule has 2 atom stereocenters. The van der Waals surface area contributed by atoms with Gasteiger partial charge in [0.15, 0.2) is 0 Å². The van der Waals surface area contributed by atoms with E-state index in [9.17, 15) is 0 Å². The normalized spacial score (nSPS) is 28.2. The lowest BCUT2D eigenvalue weighted by Gasteiger charge is -2.45. The van der Waals surface area contributed by atoms with Gasteiger partial charge < -0.3 is 15.5 Å². The van der Waals surface area contributed by atoms with Gasteiger partial charge in [-0.15, -0.1) is 0 Å². The molecule has 2 rings (SSSR count). The van der Waals surface area contributed by atoms with Crippen molar-refractivity contribution in [2.24, 2.45) is 17.6 Å². The Labute approximate surface area is 111 Å². The van der Waals surface area contributed by atoms with Crippen LogP contribution in [0.3, 0.4) is 0 Å². The summed E-state index contributed by atoms with van der Waals surface area (Å²) >= 11 is 0. The summed E-state index contributed by atoms with van der Waals surface area (Å²) in [5.41, 5.74) is 8.38. The van der Waals surface area contributed by atoms with Gasteiger partial charge in [0, 0.05) is 36.4 Å². The van der Waals surface area contributed by atoms with Crippen LogP contribution in [0.25, 0.3) is 0 Å². The zero-order valence-corrected chi connectivity index (χ0v) is 12.2. The number of rotatable bonds is 3. The number of hydrogen-bond donors (Lipinski definition) is 1. The quantitative estimate of drug-likeness (QED) is 0.830. The standard InChI is InChI=1S/C15H27N3/c1-11(2)18-10-12(9-17(3)4)7-13-5-6-14(16)8-15(13)18/h6,8,11-13H,5,7,9-10,16H2,1-4H3. The van der Waals surface area contributed by atoms with E-state index < -0.39 is 0 Å². The van der Waals surface area contributed by atoms with E-state index in [0.29, 0.717) is 12.0 Å². The molecule has 0 aromatic carbocycles. The van der Waals surface area contributed by atoms with Crippen LogP contribution in [0.4, 0.5) is 0 Å². The van der Waals surface area contributed by atoms with Crippen molar-refractivity contribution >= 4 is 0 Å². The number of piperidine rings is 1. The van der Waals surface area contributed by atoms with Crippen molar-refractivity contribution in [2.45, 2.75) is 32.7 Å². The summed E-state index contributed by atoms with van der Waals surface area (Å²) in [6, 6.07) is 0.564. The summed E-state index contributed by atoms with van der Waals surface area (Å²) in [5, 5.41) is 0. The molecule has 0 bridgehead atoms. The molecule has 18 heavy (non-hydrogen) atoms. The summed E-state index contributed by atoms with van der Waals surface area (Å²) in [7, 11) is 4.34. The fourth-order valence-corrected chi connectivity index (χ4v) is 3.30. The SMILES string of the molecule is CC(C)N1CC(CN(C)C)CC2CC=C(N)C=C21. The molecule has 2 N–H and O–H groups in total. The largest absolute Gasteiger partial charge is 0.399 e. The minimum atomic E-state index is 0.564. The van der Waals surface area contributed by atoms with Crippen molar-refractivity contribution in [1.29, 1.82) is 0 Å². The molecular weight excluding hydrogens is 222 g/mol. The fourth-order valence-electron chi connectivity index (χ4n) is 3.30. The van der Waals surface area contributed by atoms with Gasteiger partial charge in [0.2, 0.25) is 0 Å². The van der Waals surface area contributed by atoms with Crippen LogP contribution in [-0.2, 0) is 0 Å². The van der Waals surface area contributed by atoms with Crippen molar-refractivity contribution in [3.63, 3.8) is 0 Å². The van der Waals surface area contributed by atoms with E-state index >= 15 is 0 Å². The topological polar surface area (TPSA) is 32.5 Å². The van der Waals surface area contributed by atoms with Crippen LogP contribution in [0.5, 0.6) is 0 Å². The fraction of sp³-hybridized carbons (Fsp3) is 0.733. The molecule has 0 aromatic heterocycles. The van der Waals surface area contributed by atoms with Crippen LogP contribution in [-0.4, -0.2) is 43.0 Å². The zero-order chi connectivity index (χ0) is 13.3. The van der Waals surface area contributed by atoms with Gasteiger partial charge in [-0.2, -0.15) is 0 Å². The van der Waals surface area contributed by atoms with Crippen molar-refractivity contribution < 1.29 is 0 Å². The second-order valence-corrected chi connectivity index (χ2v) is 6.32. The second kappa shape index (κ2) is 5.35. The van der Waals surface area contributed by atoms with Crippen molar-refractivity contribution in [3.8, 4) is 0 Å². The Morgan fingerprint density at radius 1 is 1.44 bits per heavy atom. The molecule has 0 spiro atoms. The van der Waals surface area contributed by atoms with Gasteiger partial charge in [-0.25, -0.2) is 0 Å². The van der Waals surface area contributed by atoms with Gasteiger partial charge >= 0.3 is 0 Å². The predicted octanol–water partition coefficient (Wildman–Crippen LogP) is 2.02. The third-order valence-corrected chi connectivity index (χ3v) is 4.02. The average Bonchev–Trinajstić information content (AvgIpc) is 2.27. The second-order valence-electron chi connectivity index (χ2n) is 6.32. The van der Waals surface area contributed by atoms with Gasteiger partial charge in [0.05, 0.1) is 0 Å². The van der Waals surface area contributed by atoms with Crippen LogP contribution in [0.2, 0.25) is 0 Å². The summed E-state index contributed by atoms with van der Waals surface area (Å²) in [4.78, 5) is 4.87. The molecule has 1 heterocycles. The first-order chi connectivity index (χ1) is 8.47. The molecule has 2 aliphatic rings. The van der Waals surface area contributed by atoms with Crippen LogP contribution in [0.1, 0.15) is 26.7 Å². The van der Waals surface area contributed by atoms with Gasteiger partial charge in [0.25, 0.3) is 0 Å². The smallest absolute Gasteiger partial charge is 0.0291 e. The van der Waals surface area contributed by atoms with Crippen molar-refractivity contribution in [3.05, 3.63) is 23.5 Å². The molecular formula is C15H27N3. The molecule has 0 amide bonds. The first kappa shape index (κ1) is 13.5. The lowest BCUT2D eigenvalue weighted by Crippen LogP contribution is -2.45. The first-order valence-corrected chi connectivity index (χ1v) is 7.06. The Balaban J connectivity index is 2.16. The highest BCUT2D eigenvalue weighted by Gasteiger charge is 2.33. The van der Waals surface area contributed by atoms with E-state index in [4.69, 9.17) is 5.73 Å². The number of nitrogens with two attached hydrogens (primary N) is 1. The summed E-state index contributed by atoms with van der Waals surface area (Å²) in [6.07, 6.45) is 6.80. The minimum Gasteiger partial charge on any atom is -0.399 e. The Bertz CT molecular complexity index is 355. The highest BCUT2D eigenvalue weighted by Crippen LogP contribution is 2.37. The molecule has 1 saturated heterocycles. The molecule has 3 nitrogen and oxygen atoms in total. The van der Waals surface area contributed by atoms with Crippen molar-refractivity contribution in [2.75, 3.05) is 27.2 Å². The lowest BCUT2D eigenvalue weighted by atomic mass is 9.81. The number of nitrogens with zero attached hydrogens (tertiary/aromatic N) is 2. The molecule has 102 valence electrons. The maximum absolute atomic E-state index is 5.97. The zero-order valence-electron chi connectivity index (χ0n) is 12.2. The molecule has 0 aromatic rings. The first-order valence-electron chi connectivity index (χ1n) is 7.06. The molecule has 1 aliphatic carbocycles. The average molecular weight is 249 g/mol. The Kier molecular flexibility index (Phi) is 4.00. The summed E-state index contributed by atoms with van der Waals surface area (Å²) < 4.78 is 0. The van der Waals surface area contributed by atoms with Gasteiger partial charge in [-0.1, -0.05) is 6.08 Å². The molecule has 2 unspecified atom stereocenters. The minimum absolute atomic E-state index is 0.564. The van der Waals surface area contributed by atoms with E-state index in [1.54, 1.807) is 0 Å². The van der Waals surface area contributed by atoms with Crippen LogP contribution < -0.4 is 5.73 Å².